The zero-order valence-corrected chi connectivity index (χ0v) is 7.08. The minimum Gasteiger partial charge on any atom is -0.398 e. The van der Waals surface area contributed by atoms with Gasteiger partial charge in [0.15, 0.2) is 0 Å². The Bertz CT molecular complexity index is 445. The number of H-pyrrole nitrogens is 1. The molecule has 3 heteroatoms. The first-order valence-electron chi connectivity index (χ1n) is 4.10. The van der Waals surface area contributed by atoms with Crippen molar-refractivity contribution < 1.29 is 4.79 Å². The van der Waals surface area contributed by atoms with Crippen LogP contribution in [0.2, 0.25) is 0 Å². The number of benzene rings is 1. The highest BCUT2D eigenvalue weighted by molar-refractivity contribution is 5.85. The molecule has 13 heavy (non-hydrogen) atoms. The molecule has 0 aliphatic heterocycles. The van der Waals surface area contributed by atoms with Crippen molar-refractivity contribution in [2.45, 2.75) is 6.42 Å². The highest BCUT2D eigenvalue weighted by Crippen LogP contribution is 2.20. The van der Waals surface area contributed by atoms with Gasteiger partial charge in [0, 0.05) is 23.8 Å². The molecule has 0 spiro atoms. The fourth-order valence-electron chi connectivity index (χ4n) is 1.43. The van der Waals surface area contributed by atoms with E-state index in [1.54, 1.807) is 0 Å². The first kappa shape index (κ1) is 7.86. The number of hydrogen-bond donors (Lipinski definition) is 2. The highest BCUT2D eigenvalue weighted by Gasteiger charge is 2.01. The van der Waals surface area contributed by atoms with E-state index in [1.807, 2.05) is 24.4 Å². The van der Waals surface area contributed by atoms with Crippen molar-refractivity contribution in [2.24, 2.45) is 0 Å². The molecule has 0 saturated heterocycles. The van der Waals surface area contributed by atoms with Crippen molar-refractivity contribution in [1.82, 2.24) is 4.98 Å². The van der Waals surface area contributed by atoms with Gasteiger partial charge in [0.25, 0.3) is 0 Å². The van der Waals surface area contributed by atoms with Gasteiger partial charge in [-0.3, -0.25) is 0 Å². The number of anilines is 1. The number of hydrogen-bond acceptors (Lipinski definition) is 2. The first-order valence-corrected chi connectivity index (χ1v) is 4.10. The van der Waals surface area contributed by atoms with Crippen LogP contribution in [0.5, 0.6) is 0 Å². The fourth-order valence-corrected chi connectivity index (χ4v) is 1.43. The molecule has 3 nitrogen and oxygen atoms in total. The summed E-state index contributed by atoms with van der Waals surface area (Å²) in [5, 5.41) is 1.09. The molecule has 0 atom stereocenters. The Morgan fingerprint density at radius 2 is 2.31 bits per heavy atom. The predicted molar refractivity (Wildman–Crippen MR) is 52.5 cm³/mol. The van der Waals surface area contributed by atoms with E-state index in [-0.39, 0.29) is 0 Å². The van der Waals surface area contributed by atoms with Gasteiger partial charge in [-0.25, -0.2) is 0 Å². The second kappa shape index (κ2) is 2.94. The molecular formula is C10H10N2O. The molecule has 1 aromatic carbocycles. The van der Waals surface area contributed by atoms with E-state index in [1.165, 1.54) is 0 Å². The molecule has 1 heterocycles. The molecule has 0 saturated carbocycles. The second-order valence-electron chi connectivity index (χ2n) is 2.99. The lowest BCUT2D eigenvalue weighted by Gasteiger charge is -2.01. The smallest absolute Gasteiger partial charge is 0.124 e. The average molecular weight is 174 g/mol. The van der Waals surface area contributed by atoms with Crippen LogP contribution in [0.3, 0.4) is 0 Å². The number of nitrogen functional groups attached to an aromatic ring is 1. The van der Waals surface area contributed by atoms with Gasteiger partial charge in [-0.05, 0) is 29.1 Å². The summed E-state index contributed by atoms with van der Waals surface area (Å²) in [6, 6.07) is 5.76. The molecule has 0 bridgehead atoms. The first-order chi connectivity index (χ1) is 6.31. The molecule has 0 fully saturated rings. The van der Waals surface area contributed by atoms with E-state index in [2.05, 4.69) is 4.98 Å². The molecule has 2 aromatic rings. The Labute approximate surface area is 75.6 Å². The lowest BCUT2D eigenvalue weighted by molar-refractivity contribution is -0.107. The molecule has 3 N–H and O–H groups in total. The Balaban J connectivity index is 2.62. The summed E-state index contributed by atoms with van der Waals surface area (Å²) < 4.78 is 0. The Morgan fingerprint density at radius 1 is 1.46 bits per heavy atom. The number of fused-ring (bicyclic) bond motifs is 1. The molecule has 1 aromatic heterocycles. The standard InChI is InChI=1S/C10H10N2O/c11-9-6-10-8(1-3-12-10)5-7(9)2-4-13/h1,3-6,12H,2,11H2. The fraction of sp³-hybridized carbons (Fsp3) is 0.100. The monoisotopic (exact) mass is 174 g/mol. The van der Waals surface area contributed by atoms with Gasteiger partial charge < -0.3 is 15.5 Å². The molecule has 2 rings (SSSR count). The van der Waals surface area contributed by atoms with Crippen molar-refractivity contribution in [3.05, 3.63) is 30.0 Å². The number of nitrogens with two attached hydrogens (primary N) is 1. The maximum atomic E-state index is 10.3. The molecule has 0 aliphatic carbocycles. The normalized spacial score (nSPS) is 10.5. The average Bonchev–Trinajstić information content (AvgIpc) is 2.52. The van der Waals surface area contributed by atoms with E-state index in [0.717, 1.165) is 22.8 Å². The van der Waals surface area contributed by atoms with Crippen LogP contribution in [0.15, 0.2) is 24.4 Å². The summed E-state index contributed by atoms with van der Waals surface area (Å²) in [6.07, 6.45) is 3.10. The lowest BCUT2D eigenvalue weighted by atomic mass is 10.1. The molecular weight excluding hydrogens is 164 g/mol. The van der Waals surface area contributed by atoms with Crippen LogP contribution in [0.1, 0.15) is 5.56 Å². The maximum Gasteiger partial charge on any atom is 0.124 e. The van der Waals surface area contributed by atoms with Gasteiger partial charge in [0.05, 0.1) is 0 Å². The highest BCUT2D eigenvalue weighted by atomic mass is 16.1. The van der Waals surface area contributed by atoms with Crippen LogP contribution >= 0.6 is 0 Å². The van der Waals surface area contributed by atoms with E-state index in [4.69, 9.17) is 5.73 Å². The summed E-state index contributed by atoms with van der Waals surface area (Å²) in [5.74, 6) is 0. The summed E-state index contributed by atoms with van der Waals surface area (Å²) >= 11 is 0. The van der Waals surface area contributed by atoms with Crippen LogP contribution in [0, 0.1) is 0 Å². The van der Waals surface area contributed by atoms with Crippen LogP contribution in [0.25, 0.3) is 10.9 Å². The number of aromatic amines is 1. The lowest BCUT2D eigenvalue weighted by Crippen LogP contribution is -1.94. The summed E-state index contributed by atoms with van der Waals surface area (Å²) in [6.45, 7) is 0. The third kappa shape index (κ3) is 1.28. The third-order valence-corrected chi connectivity index (χ3v) is 2.12. The van der Waals surface area contributed by atoms with Gasteiger partial charge in [-0.2, -0.15) is 0 Å². The Morgan fingerprint density at radius 3 is 3.08 bits per heavy atom. The van der Waals surface area contributed by atoms with Gasteiger partial charge >= 0.3 is 0 Å². The maximum absolute atomic E-state index is 10.3. The van der Waals surface area contributed by atoms with Gasteiger partial charge in [-0.15, -0.1) is 0 Å². The SMILES string of the molecule is Nc1cc2[nH]ccc2cc1CC=O. The molecule has 0 aliphatic rings. The topological polar surface area (TPSA) is 58.9 Å². The molecule has 0 amide bonds. The van der Waals surface area contributed by atoms with Gasteiger partial charge in [-0.1, -0.05) is 0 Å². The zero-order chi connectivity index (χ0) is 9.26. The quantitative estimate of drug-likeness (QED) is 0.535. The van der Waals surface area contributed by atoms with E-state index < -0.39 is 0 Å². The largest absolute Gasteiger partial charge is 0.398 e. The number of rotatable bonds is 2. The van der Waals surface area contributed by atoms with Crippen molar-refractivity contribution in [2.75, 3.05) is 5.73 Å². The minimum atomic E-state index is 0.382. The minimum absolute atomic E-state index is 0.382. The van der Waals surface area contributed by atoms with Crippen molar-refractivity contribution in [1.29, 1.82) is 0 Å². The van der Waals surface area contributed by atoms with Crippen molar-refractivity contribution >= 4 is 22.9 Å². The zero-order valence-electron chi connectivity index (χ0n) is 7.08. The Kier molecular flexibility index (Phi) is 1.77. The Hall–Kier alpha value is -1.77. The van der Waals surface area contributed by atoms with Crippen LogP contribution in [0.4, 0.5) is 5.69 Å². The number of nitrogens with one attached hydrogen (secondary N) is 1. The third-order valence-electron chi connectivity index (χ3n) is 2.12. The summed E-state index contributed by atoms with van der Waals surface area (Å²) in [4.78, 5) is 13.4. The van der Waals surface area contributed by atoms with E-state index in [9.17, 15) is 4.79 Å². The predicted octanol–water partition coefficient (Wildman–Crippen LogP) is 1.49. The van der Waals surface area contributed by atoms with Crippen molar-refractivity contribution in [3.8, 4) is 0 Å². The van der Waals surface area contributed by atoms with Crippen molar-refractivity contribution in [3.63, 3.8) is 0 Å². The second-order valence-corrected chi connectivity index (χ2v) is 2.99. The number of aldehydes is 1. The number of carbonyl (C=O) groups is 1. The van der Waals surface area contributed by atoms with Crippen LogP contribution < -0.4 is 5.73 Å². The summed E-state index contributed by atoms with van der Waals surface area (Å²) in [7, 11) is 0. The molecule has 0 radical (unpaired) electrons. The van der Waals surface area contributed by atoms with Crippen LogP contribution in [-0.4, -0.2) is 11.3 Å². The number of aromatic nitrogens is 1. The number of carbonyl (C=O) groups excluding carboxylic acids is 1. The van der Waals surface area contributed by atoms with Crippen LogP contribution in [-0.2, 0) is 11.2 Å². The summed E-state index contributed by atoms with van der Waals surface area (Å²) in [5.41, 5.74) is 8.32. The molecule has 0 unspecified atom stereocenters. The molecule has 66 valence electrons. The van der Waals surface area contributed by atoms with E-state index in [0.29, 0.717) is 12.1 Å². The van der Waals surface area contributed by atoms with Gasteiger partial charge in [0.2, 0.25) is 0 Å². The van der Waals surface area contributed by atoms with E-state index >= 15 is 0 Å². The van der Waals surface area contributed by atoms with Gasteiger partial charge in [0.1, 0.15) is 6.29 Å².